The highest BCUT2D eigenvalue weighted by Gasteiger charge is 2.22. The molecule has 0 atom stereocenters. The van der Waals surface area contributed by atoms with Crippen LogP contribution in [0.1, 0.15) is 0 Å². The Bertz CT molecular complexity index is 749. The highest BCUT2D eigenvalue weighted by atomic mass is 32.2. The van der Waals surface area contributed by atoms with Gasteiger partial charge in [-0.25, -0.2) is 12.8 Å². The van der Waals surface area contributed by atoms with E-state index in [0.717, 1.165) is 6.26 Å². The summed E-state index contributed by atoms with van der Waals surface area (Å²) in [6.45, 7) is 0. The molecule has 0 spiro atoms. The van der Waals surface area contributed by atoms with E-state index in [4.69, 9.17) is 10.5 Å². The Balaban J connectivity index is 2.70. The number of hydrogen-bond acceptors (Lipinski definition) is 5. The summed E-state index contributed by atoms with van der Waals surface area (Å²) in [4.78, 5) is -0.415. The first-order valence-electron chi connectivity index (χ1n) is 5.62. The lowest BCUT2D eigenvalue weighted by atomic mass is 10.1. The number of anilines is 1. The third kappa shape index (κ3) is 2.34. The van der Waals surface area contributed by atoms with Crippen LogP contribution in [-0.4, -0.2) is 31.6 Å². The van der Waals surface area contributed by atoms with Crippen LogP contribution in [0.25, 0.3) is 11.3 Å². The Kier molecular flexibility index (Phi) is 3.43. The Labute approximate surface area is 115 Å². The Morgan fingerprint density at radius 1 is 1.40 bits per heavy atom. The van der Waals surface area contributed by atoms with Gasteiger partial charge in [-0.05, 0) is 12.1 Å². The number of nitrogen functional groups attached to an aromatic ring is 1. The summed E-state index contributed by atoms with van der Waals surface area (Å²) in [5.74, 6) is -0.711. The fourth-order valence-corrected chi connectivity index (χ4v) is 2.57. The molecular weight excluding hydrogens is 285 g/mol. The van der Waals surface area contributed by atoms with Gasteiger partial charge < -0.3 is 10.5 Å². The van der Waals surface area contributed by atoms with E-state index in [1.54, 1.807) is 13.1 Å². The maximum atomic E-state index is 14.3. The number of halogens is 1. The van der Waals surface area contributed by atoms with Crippen molar-refractivity contribution in [2.24, 2.45) is 7.05 Å². The number of rotatable bonds is 3. The second-order valence-electron chi connectivity index (χ2n) is 4.31. The monoisotopic (exact) mass is 299 g/mol. The zero-order chi connectivity index (χ0) is 15.1. The molecule has 0 aliphatic carbocycles. The largest absolute Gasteiger partial charge is 0.493 e. The van der Waals surface area contributed by atoms with Gasteiger partial charge in [-0.1, -0.05) is 0 Å². The Hall–Kier alpha value is -2.09. The summed E-state index contributed by atoms with van der Waals surface area (Å²) < 4.78 is 43.7. The van der Waals surface area contributed by atoms with E-state index in [0.29, 0.717) is 17.1 Å². The standard InChI is InChI=1S/C12H14FN3O3S/c1-16-10(14)6-8(15-16)7-4-5-9(20(3,17)18)11(13)12(7)19-2/h4-6H,14H2,1-3H3. The molecule has 2 N–H and O–H groups in total. The van der Waals surface area contributed by atoms with Crippen molar-refractivity contribution in [1.29, 1.82) is 0 Å². The summed E-state index contributed by atoms with van der Waals surface area (Å²) >= 11 is 0. The summed E-state index contributed by atoms with van der Waals surface area (Å²) in [5, 5.41) is 4.12. The third-order valence-electron chi connectivity index (χ3n) is 2.86. The molecule has 0 bridgehead atoms. The molecule has 0 radical (unpaired) electrons. The molecule has 8 heteroatoms. The number of nitrogens with two attached hydrogens (primary N) is 1. The molecule has 2 aromatic rings. The predicted molar refractivity (Wildman–Crippen MR) is 72.7 cm³/mol. The van der Waals surface area contributed by atoms with Gasteiger partial charge >= 0.3 is 0 Å². The Morgan fingerprint density at radius 2 is 2.05 bits per heavy atom. The van der Waals surface area contributed by atoms with E-state index in [1.807, 2.05) is 0 Å². The van der Waals surface area contributed by atoms with E-state index in [-0.39, 0.29) is 5.75 Å². The van der Waals surface area contributed by atoms with Crippen molar-refractivity contribution in [2.75, 3.05) is 19.1 Å². The summed E-state index contributed by atoms with van der Waals surface area (Å²) in [6.07, 6.45) is 0.934. The van der Waals surface area contributed by atoms with Gasteiger partial charge in [0.25, 0.3) is 0 Å². The molecule has 20 heavy (non-hydrogen) atoms. The number of benzene rings is 1. The first-order chi connectivity index (χ1) is 9.25. The normalized spacial score (nSPS) is 11.6. The van der Waals surface area contributed by atoms with Crippen molar-refractivity contribution < 1.29 is 17.5 Å². The number of nitrogens with zero attached hydrogens (tertiary/aromatic N) is 2. The fourth-order valence-electron chi connectivity index (χ4n) is 1.84. The van der Waals surface area contributed by atoms with Crippen molar-refractivity contribution in [1.82, 2.24) is 9.78 Å². The van der Waals surface area contributed by atoms with Crippen molar-refractivity contribution >= 4 is 15.7 Å². The molecule has 6 nitrogen and oxygen atoms in total. The van der Waals surface area contributed by atoms with E-state index in [9.17, 15) is 12.8 Å². The molecule has 108 valence electrons. The zero-order valence-corrected chi connectivity index (χ0v) is 12.0. The predicted octanol–water partition coefficient (Wildman–Crippen LogP) is 1.22. The van der Waals surface area contributed by atoms with Crippen molar-refractivity contribution in [3.05, 3.63) is 24.0 Å². The molecular formula is C12H14FN3O3S. The molecule has 0 saturated heterocycles. The van der Waals surface area contributed by atoms with Gasteiger partial charge in [0, 0.05) is 24.9 Å². The molecule has 1 aromatic carbocycles. The first-order valence-corrected chi connectivity index (χ1v) is 7.51. The SMILES string of the molecule is COc1c(-c2cc(N)n(C)n2)ccc(S(C)(=O)=O)c1F. The highest BCUT2D eigenvalue weighted by molar-refractivity contribution is 7.90. The van der Waals surface area contributed by atoms with Crippen LogP contribution in [-0.2, 0) is 16.9 Å². The van der Waals surface area contributed by atoms with Crippen LogP contribution in [0.5, 0.6) is 5.75 Å². The van der Waals surface area contributed by atoms with Gasteiger partial charge in [-0.15, -0.1) is 0 Å². The molecule has 0 unspecified atom stereocenters. The van der Waals surface area contributed by atoms with Crippen molar-refractivity contribution in [3.8, 4) is 17.0 Å². The third-order valence-corrected chi connectivity index (χ3v) is 3.97. The molecule has 0 fully saturated rings. The molecule has 0 amide bonds. The van der Waals surface area contributed by atoms with E-state index < -0.39 is 20.5 Å². The van der Waals surface area contributed by atoms with Gasteiger partial charge in [0.05, 0.1) is 12.8 Å². The quantitative estimate of drug-likeness (QED) is 0.920. The topological polar surface area (TPSA) is 87.2 Å². The lowest BCUT2D eigenvalue weighted by Gasteiger charge is -2.10. The summed E-state index contributed by atoms with van der Waals surface area (Å²) in [7, 11) is -0.764. The zero-order valence-electron chi connectivity index (χ0n) is 11.2. The van der Waals surface area contributed by atoms with Crippen LogP contribution in [0.4, 0.5) is 10.2 Å². The minimum absolute atomic E-state index is 0.175. The van der Waals surface area contributed by atoms with Crippen LogP contribution in [0.15, 0.2) is 23.1 Å². The first kappa shape index (κ1) is 14.3. The minimum atomic E-state index is -3.67. The highest BCUT2D eigenvalue weighted by Crippen LogP contribution is 2.35. The lowest BCUT2D eigenvalue weighted by molar-refractivity contribution is 0.382. The molecule has 0 aliphatic rings. The minimum Gasteiger partial charge on any atom is -0.493 e. The second-order valence-corrected chi connectivity index (χ2v) is 6.29. The second kappa shape index (κ2) is 4.78. The molecule has 0 saturated carbocycles. The average molecular weight is 299 g/mol. The fraction of sp³-hybridized carbons (Fsp3) is 0.250. The summed E-state index contributed by atoms with van der Waals surface area (Å²) in [6, 6.07) is 4.19. The summed E-state index contributed by atoms with van der Waals surface area (Å²) in [5.41, 5.74) is 6.42. The maximum absolute atomic E-state index is 14.3. The van der Waals surface area contributed by atoms with E-state index in [2.05, 4.69) is 5.10 Å². The van der Waals surface area contributed by atoms with Gasteiger partial charge in [-0.2, -0.15) is 5.10 Å². The van der Waals surface area contributed by atoms with Gasteiger partial charge in [0.15, 0.2) is 21.4 Å². The smallest absolute Gasteiger partial charge is 0.184 e. The van der Waals surface area contributed by atoms with E-state index >= 15 is 0 Å². The number of sulfone groups is 1. The lowest BCUT2D eigenvalue weighted by Crippen LogP contribution is -2.04. The molecule has 0 aliphatic heterocycles. The van der Waals surface area contributed by atoms with Crippen LogP contribution in [0.2, 0.25) is 0 Å². The number of hydrogen-bond donors (Lipinski definition) is 1. The van der Waals surface area contributed by atoms with Gasteiger partial charge in [0.2, 0.25) is 0 Å². The van der Waals surface area contributed by atoms with Gasteiger partial charge in [0.1, 0.15) is 10.7 Å². The van der Waals surface area contributed by atoms with Crippen LogP contribution in [0, 0.1) is 5.82 Å². The Morgan fingerprint density at radius 3 is 2.50 bits per heavy atom. The number of aromatic nitrogens is 2. The van der Waals surface area contributed by atoms with Crippen LogP contribution in [0.3, 0.4) is 0 Å². The number of aryl methyl sites for hydroxylation is 1. The maximum Gasteiger partial charge on any atom is 0.184 e. The van der Waals surface area contributed by atoms with Crippen LogP contribution >= 0.6 is 0 Å². The number of ether oxygens (including phenoxy) is 1. The molecule has 2 rings (SSSR count). The van der Waals surface area contributed by atoms with Gasteiger partial charge in [-0.3, -0.25) is 4.68 Å². The van der Waals surface area contributed by atoms with Crippen molar-refractivity contribution in [3.63, 3.8) is 0 Å². The van der Waals surface area contributed by atoms with E-state index in [1.165, 1.54) is 23.9 Å². The average Bonchev–Trinajstić information content (AvgIpc) is 2.67. The molecule has 1 heterocycles. The molecule has 1 aromatic heterocycles. The van der Waals surface area contributed by atoms with Crippen molar-refractivity contribution in [2.45, 2.75) is 4.90 Å². The van der Waals surface area contributed by atoms with Crippen LogP contribution < -0.4 is 10.5 Å². The number of methoxy groups -OCH3 is 1.